The average molecular weight is 390 g/mol. The lowest BCUT2D eigenvalue weighted by Crippen LogP contribution is -2.14. The Labute approximate surface area is 134 Å². The van der Waals surface area contributed by atoms with Gasteiger partial charge in [-0.05, 0) is 52.3 Å². The third-order valence-electron chi connectivity index (χ3n) is 2.52. The summed E-state index contributed by atoms with van der Waals surface area (Å²) in [6.07, 6.45) is 0. The molecule has 1 N–H and O–H groups in total. The first-order chi connectivity index (χ1) is 9.83. The molecule has 2 rings (SSSR count). The van der Waals surface area contributed by atoms with Crippen LogP contribution in [0.5, 0.6) is 0 Å². The fourth-order valence-electron chi connectivity index (χ4n) is 1.56. The number of nitrogens with zero attached hydrogens (tertiary/aromatic N) is 1. The van der Waals surface area contributed by atoms with Crippen LogP contribution in [0, 0.1) is 17.1 Å². The number of anilines is 1. The van der Waals surface area contributed by atoms with Crippen molar-refractivity contribution >= 4 is 43.2 Å². The molecular formula is C13H7BrClFN2O2S. The van der Waals surface area contributed by atoms with E-state index < -0.39 is 15.8 Å². The number of halogens is 3. The van der Waals surface area contributed by atoms with E-state index in [1.165, 1.54) is 30.3 Å². The van der Waals surface area contributed by atoms with E-state index in [0.717, 1.165) is 6.07 Å². The minimum absolute atomic E-state index is 0.0513. The lowest BCUT2D eigenvalue weighted by molar-refractivity contribution is 0.601. The summed E-state index contributed by atoms with van der Waals surface area (Å²) in [5.41, 5.74) is 0.293. The van der Waals surface area contributed by atoms with Crippen LogP contribution < -0.4 is 4.72 Å². The van der Waals surface area contributed by atoms with E-state index in [1.54, 1.807) is 0 Å². The highest BCUT2D eigenvalue weighted by Crippen LogP contribution is 2.28. The quantitative estimate of drug-likeness (QED) is 0.865. The number of sulfonamides is 1. The van der Waals surface area contributed by atoms with Crippen LogP contribution >= 0.6 is 27.5 Å². The molecule has 4 nitrogen and oxygen atoms in total. The summed E-state index contributed by atoms with van der Waals surface area (Å²) in [6, 6.07) is 9.27. The zero-order valence-corrected chi connectivity index (χ0v) is 13.4. The second kappa shape index (κ2) is 6.02. The van der Waals surface area contributed by atoms with Crippen LogP contribution in [0.4, 0.5) is 10.1 Å². The molecule has 0 aromatic heterocycles. The zero-order valence-electron chi connectivity index (χ0n) is 10.3. The average Bonchev–Trinajstić information content (AvgIpc) is 2.42. The van der Waals surface area contributed by atoms with Crippen LogP contribution in [0.3, 0.4) is 0 Å². The second-order valence-electron chi connectivity index (χ2n) is 3.99. The van der Waals surface area contributed by atoms with Gasteiger partial charge in [0.1, 0.15) is 10.7 Å². The summed E-state index contributed by atoms with van der Waals surface area (Å²) in [5.74, 6) is -0.582. The van der Waals surface area contributed by atoms with Crippen molar-refractivity contribution < 1.29 is 12.8 Å². The highest BCUT2D eigenvalue weighted by Gasteiger charge is 2.19. The van der Waals surface area contributed by atoms with Gasteiger partial charge in [0, 0.05) is 4.47 Å². The van der Waals surface area contributed by atoms with Gasteiger partial charge in [-0.2, -0.15) is 5.26 Å². The third-order valence-corrected chi connectivity index (χ3v) is 5.06. The molecule has 0 bridgehead atoms. The summed E-state index contributed by atoms with van der Waals surface area (Å²) in [6.45, 7) is 0. The van der Waals surface area contributed by atoms with Crippen molar-refractivity contribution in [3.63, 3.8) is 0 Å². The molecule has 0 fully saturated rings. The lowest BCUT2D eigenvalue weighted by Gasteiger charge is -2.11. The molecule has 0 atom stereocenters. The van der Waals surface area contributed by atoms with Gasteiger partial charge in [0.05, 0.1) is 22.3 Å². The van der Waals surface area contributed by atoms with Crippen LogP contribution in [0.15, 0.2) is 45.8 Å². The molecule has 0 radical (unpaired) electrons. The fraction of sp³-hybridized carbons (Fsp3) is 0. The molecular weight excluding hydrogens is 383 g/mol. The molecule has 0 heterocycles. The van der Waals surface area contributed by atoms with Gasteiger partial charge in [-0.1, -0.05) is 11.6 Å². The predicted molar refractivity (Wildman–Crippen MR) is 81.1 cm³/mol. The van der Waals surface area contributed by atoms with Crippen LogP contribution in [-0.4, -0.2) is 8.42 Å². The Morgan fingerprint density at radius 1 is 1.24 bits per heavy atom. The SMILES string of the molecule is N#Cc1ccc(S(=O)(=O)Nc2cc(F)ccc2Br)c(Cl)c1. The third kappa shape index (κ3) is 3.53. The van der Waals surface area contributed by atoms with Gasteiger partial charge >= 0.3 is 0 Å². The van der Waals surface area contributed by atoms with Crippen molar-refractivity contribution in [3.05, 3.63) is 57.3 Å². The molecule has 0 spiro atoms. The van der Waals surface area contributed by atoms with Gasteiger partial charge in [0.15, 0.2) is 0 Å². The molecule has 0 aliphatic rings. The molecule has 0 unspecified atom stereocenters. The predicted octanol–water partition coefficient (Wildman–Crippen LogP) is 3.91. The number of rotatable bonds is 3. The summed E-state index contributed by atoms with van der Waals surface area (Å²) in [4.78, 5) is -0.195. The molecule has 2 aromatic carbocycles. The van der Waals surface area contributed by atoms with Crippen molar-refractivity contribution in [1.82, 2.24) is 0 Å². The molecule has 2 aromatic rings. The standard InChI is InChI=1S/C13H7BrClFN2O2S/c14-10-3-2-9(16)6-12(10)18-21(19,20)13-4-1-8(7-17)5-11(13)15/h1-6,18H. The molecule has 108 valence electrons. The van der Waals surface area contributed by atoms with Gasteiger partial charge < -0.3 is 0 Å². The monoisotopic (exact) mass is 388 g/mol. The Hall–Kier alpha value is -1.62. The van der Waals surface area contributed by atoms with E-state index in [4.69, 9.17) is 16.9 Å². The molecule has 0 aliphatic heterocycles. The molecule has 0 aliphatic carbocycles. The second-order valence-corrected chi connectivity index (χ2v) is 6.90. The van der Waals surface area contributed by atoms with Crippen molar-refractivity contribution in [3.8, 4) is 6.07 Å². The topological polar surface area (TPSA) is 70.0 Å². The molecule has 8 heteroatoms. The first kappa shape index (κ1) is 15.8. The summed E-state index contributed by atoms with van der Waals surface area (Å²) < 4.78 is 40.3. The van der Waals surface area contributed by atoms with Gasteiger partial charge in [-0.25, -0.2) is 12.8 Å². The van der Waals surface area contributed by atoms with Crippen LogP contribution in [-0.2, 0) is 10.0 Å². The molecule has 0 saturated carbocycles. The Kier molecular flexibility index (Phi) is 4.52. The van der Waals surface area contributed by atoms with Crippen molar-refractivity contribution in [2.24, 2.45) is 0 Å². The molecule has 21 heavy (non-hydrogen) atoms. The Balaban J connectivity index is 2.44. The number of hydrogen-bond donors (Lipinski definition) is 1. The fourth-order valence-corrected chi connectivity index (χ4v) is 3.66. The maximum absolute atomic E-state index is 13.2. The van der Waals surface area contributed by atoms with E-state index in [-0.39, 0.29) is 21.2 Å². The first-order valence-corrected chi connectivity index (χ1v) is 8.16. The van der Waals surface area contributed by atoms with Crippen LogP contribution in [0.2, 0.25) is 5.02 Å². The highest BCUT2D eigenvalue weighted by atomic mass is 79.9. The largest absolute Gasteiger partial charge is 0.278 e. The Morgan fingerprint density at radius 2 is 1.95 bits per heavy atom. The molecule has 0 saturated heterocycles. The number of nitrogens with one attached hydrogen (secondary N) is 1. The Bertz CT molecular complexity index is 850. The van der Waals surface area contributed by atoms with E-state index in [1.807, 2.05) is 6.07 Å². The normalized spacial score (nSPS) is 11.0. The minimum atomic E-state index is -4.00. The highest BCUT2D eigenvalue weighted by molar-refractivity contribution is 9.10. The van der Waals surface area contributed by atoms with Crippen molar-refractivity contribution in [2.45, 2.75) is 4.90 Å². The lowest BCUT2D eigenvalue weighted by atomic mass is 10.2. The summed E-state index contributed by atoms with van der Waals surface area (Å²) in [7, 11) is -4.00. The van der Waals surface area contributed by atoms with Gasteiger partial charge in [-0.15, -0.1) is 0 Å². The summed E-state index contributed by atoms with van der Waals surface area (Å²) >= 11 is 9.00. The van der Waals surface area contributed by atoms with Gasteiger partial charge in [0.2, 0.25) is 0 Å². The smallest absolute Gasteiger partial charge is 0.263 e. The first-order valence-electron chi connectivity index (χ1n) is 5.51. The van der Waals surface area contributed by atoms with E-state index in [9.17, 15) is 12.8 Å². The van der Waals surface area contributed by atoms with E-state index in [2.05, 4.69) is 20.7 Å². The summed E-state index contributed by atoms with van der Waals surface area (Å²) in [5, 5.41) is 8.65. The van der Waals surface area contributed by atoms with Crippen LogP contribution in [0.1, 0.15) is 5.56 Å². The van der Waals surface area contributed by atoms with Gasteiger partial charge in [0.25, 0.3) is 10.0 Å². The minimum Gasteiger partial charge on any atom is -0.278 e. The molecule has 0 amide bonds. The zero-order chi connectivity index (χ0) is 15.6. The Morgan fingerprint density at radius 3 is 2.57 bits per heavy atom. The van der Waals surface area contributed by atoms with E-state index in [0.29, 0.717) is 4.47 Å². The van der Waals surface area contributed by atoms with Crippen molar-refractivity contribution in [2.75, 3.05) is 4.72 Å². The van der Waals surface area contributed by atoms with E-state index >= 15 is 0 Å². The number of benzene rings is 2. The van der Waals surface area contributed by atoms with Crippen LogP contribution in [0.25, 0.3) is 0 Å². The number of hydrogen-bond acceptors (Lipinski definition) is 3. The van der Waals surface area contributed by atoms with Crippen molar-refractivity contribution in [1.29, 1.82) is 5.26 Å². The maximum atomic E-state index is 13.2. The maximum Gasteiger partial charge on any atom is 0.263 e. The number of nitriles is 1. The van der Waals surface area contributed by atoms with Gasteiger partial charge in [-0.3, -0.25) is 4.72 Å².